The Morgan fingerprint density at radius 3 is 2.49 bits per heavy atom. The van der Waals surface area contributed by atoms with E-state index in [2.05, 4.69) is 25.8 Å². The molecule has 1 heterocycles. The van der Waals surface area contributed by atoms with E-state index in [1.54, 1.807) is 63.5 Å². The van der Waals surface area contributed by atoms with Gasteiger partial charge in [0.2, 0.25) is 5.91 Å². The molecule has 2 amide bonds. The molecule has 0 aliphatic heterocycles. The van der Waals surface area contributed by atoms with Gasteiger partial charge in [-0.1, -0.05) is 24.3 Å². The molecule has 4 rings (SSSR count). The normalized spacial score (nSPS) is 13.4. The van der Waals surface area contributed by atoms with Gasteiger partial charge in [-0.15, -0.1) is 10.2 Å². The van der Waals surface area contributed by atoms with E-state index in [1.165, 1.54) is 0 Å². The third-order valence-corrected chi connectivity index (χ3v) is 6.61. The number of carbonyl (C=O) groups is 3. The molecule has 11 heteroatoms. The van der Waals surface area contributed by atoms with E-state index in [4.69, 9.17) is 10.5 Å². The van der Waals surface area contributed by atoms with Crippen LogP contribution in [0.1, 0.15) is 40.6 Å². The maximum Gasteiger partial charge on any atom is 0.253 e. The molecule has 1 saturated carbocycles. The number of hydrogen-bond donors (Lipinski definition) is 3. The van der Waals surface area contributed by atoms with Crippen LogP contribution in [0.15, 0.2) is 64.8 Å². The van der Waals surface area contributed by atoms with E-state index < -0.39 is 0 Å². The third-order valence-electron chi connectivity index (χ3n) is 6.61. The van der Waals surface area contributed by atoms with Gasteiger partial charge in [0.05, 0.1) is 18.5 Å². The van der Waals surface area contributed by atoms with Crippen molar-refractivity contribution in [2.24, 2.45) is 16.6 Å². The number of likely N-dealkylation sites (N-methyl/N-ethyl adjacent to an activating group) is 1. The minimum absolute atomic E-state index is 0.00206. The molecule has 1 aliphatic carbocycles. The minimum atomic E-state index is -0.154. The van der Waals surface area contributed by atoms with E-state index >= 15 is 0 Å². The van der Waals surface area contributed by atoms with Crippen LogP contribution in [0.5, 0.6) is 5.75 Å². The molecular formula is C30H33N7O4. The summed E-state index contributed by atoms with van der Waals surface area (Å²) in [6.45, 7) is 2.11. The largest absolute Gasteiger partial charge is 0.494 e. The maximum atomic E-state index is 13.0. The fourth-order valence-electron chi connectivity index (χ4n) is 4.21. The predicted molar refractivity (Wildman–Crippen MR) is 159 cm³/mol. The van der Waals surface area contributed by atoms with Crippen LogP contribution in [0.4, 0.5) is 17.2 Å². The van der Waals surface area contributed by atoms with E-state index in [-0.39, 0.29) is 29.2 Å². The van der Waals surface area contributed by atoms with E-state index in [9.17, 15) is 14.4 Å². The summed E-state index contributed by atoms with van der Waals surface area (Å²) in [5.41, 5.74) is 10.5. The molecular weight excluding hydrogens is 522 g/mol. The zero-order chi connectivity index (χ0) is 29.5. The van der Waals surface area contributed by atoms with Crippen molar-refractivity contribution in [3.05, 3.63) is 71.1 Å². The number of amides is 2. The summed E-state index contributed by atoms with van der Waals surface area (Å²) in [6.07, 6.45) is 3.95. The van der Waals surface area contributed by atoms with Crippen LogP contribution in [0.2, 0.25) is 0 Å². The number of rotatable bonds is 11. The van der Waals surface area contributed by atoms with Crippen molar-refractivity contribution >= 4 is 41.5 Å². The number of allylic oxidation sites excluding steroid dienone is 1. The molecule has 2 aromatic carbocycles. The Kier molecular flexibility index (Phi) is 9.08. The van der Waals surface area contributed by atoms with Gasteiger partial charge in [0.25, 0.3) is 5.91 Å². The number of methoxy groups -OCH3 is 1. The number of aliphatic imine (C=N–C) groups is 1. The van der Waals surface area contributed by atoms with Crippen LogP contribution in [0.25, 0.3) is 11.1 Å². The molecule has 0 unspecified atom stereocenters. The number of benzene rings is 2. The summed E-state index contributed by atoms with van der Waals surface area (Å²) >= 11 is 0. The second kappa shape index (κ2) is 12.9. The first kappa shape index (κ1) is 28.9. The van der Waals surface area contributed by atoms with Crippen molar-refractivity contribution in [1.29, 1.82) is 0 Å². The number of nitrogens with one attached hydrogen (secondary N) is 2. The van der Waals surface area contributed by atoms with Crippen LogP contribution in [-0.4, -0.2) is 67.2 Å². The SMILES string of the molecule is CN=C/C(CN(C)C(=O)c1ccc(-c2cccc(Nc3cc(NC(=O)C4CC4)nnc3C=O)c2OC)cc1)=C(/C)N. The Hall–Kier alpha value is -5.06. The van der Waals surface area contributed by atoms with Crippen LogP contribution < -0.4 is 21.1 Å². The van der Waals surface area contributed by atoms with Gasteiger partial charge in [0, 0.05) is 61.2 Å². The number of hydrogen-bond acceptors (Lipinski definition) is 9. The van der Waals surface area contributed by atoms with Gasteiger partial charge in [0.1, 0.15) is 11.4 Å². The molecule has 4 N–H and O–H groups in total. The van der Waals surface area contributed by atoms with Crippen molar-refractivity contribution < 1.29 is 19.1 Å². The highest BCUT2D eigenvalue weighted by molar-refractivity contribution is 5.96. The summed E-state index contributed by atoms with van der Waals surface area (Å²) in [5.74, 6) is 0.503. The lowest BCUT2D eigenvalue weighted by atomic mass is 10.0. The summed E-state index contributed by atoms with van der Waals surface area (Å²) in [7, 11) is 4.92. The number of nitrogens with two attached hydrogens (primary N) is 1. The van der Waals surface area contributed by atoms with Gasteiger partial charge >= 0.3 is 0 Å². The van der Waals surface area contributed by atoms with Crippen LogP contribution in [0, 0.1) is 5.92 Å². The summed E-state index contributed by atoms with van der Waals surface area (Å²) in [6, 6.07) is 14.3. The molecule has 212 valence electrons. The highest BCUT2D eigenvalue weighted by Crippen LogP contribution is 2.38. The summed E-state index contributed by atoms with van der Waals surface area (Å²) in [5, 5.41) is 13.8. The molecule has 0 spiro atoms. The Labute approximate surface area is 238 Å². The van der Waals surface area contributed by atoms with Gasteiger partial charge in [-0.3, -0.25) is 19.4 Å². The van der Waals surface area contributed by atoms with E-state index in [1.807, 2.05) is 24.3 Å². The quantitative estimate of drug-likeness (QED) is 0.237. The van der Waals surface area contributed by atoms with Gasteiger partial charge < -0.3 is 26.0 Å². The third kappa shape index (κ3) is 6.93. The van der Waals surface area contributed by atoms with Gasteiger partial charge in [-0.2, -0.15) is 0 Å². The monoisotopic (exact) mass is 555 g/mol. The lowest BCUT2D eigenvalue weighted by Crippen LogP contribution is -2.30. The van der Waals surface area contributed by atoms with Crippen molar-refractivity contribution in [3.63, 3.8) is 0 Å². The molecule has 0 bridgehead atoms. The number of anilines is 3. The van der Waals surface area contributed by atoms with Crippen LogP contribution in [0.3, 0.4) is 0 Å². The summed E-state index contributed by atoms with van der Waals surface area (Å²) < 4.78 is 5.76. The minimum Gasteiger partial charge on any atom is -0.494 e. The molecule has 1 fully saturated rings. The average molecular weight is 556 g/mol. The first-order chi connectivity index (χ1) is 19.7. The Bertz CT molecular complexity index is 1510. The zero-order valence-electron chi connectivity index (χ0n) is 23.5. The van der Waals surface area contributed by atoms with Crippen molar-refractivity contribution in [1.82, 2.24) is 15.1 Å². The van der Waals surface area contributed by atoms with Crippen molar-refractivity contribution in [2.45, 2.75) is 19.8 Å². The molecule has 3 aromatic rings. The first-order valence-electron chi connectivity index (χ1n) is 13.1. The molecule has 1 aromatic heterocycles. The maximum absolute atomic E-state index is 13.0. The molecule has 0 saturated heterocycles. The predicted octanol–water partition coefficient (Wildman–Crippen LogP) is 4.06. The smallest absolute Gasteiger partial charge is 0.253 e. The summed E-state index contributed by atoms with van der Waals surface area (Å²) in [4.78, 5) is 42.5. The molecule has 0 atom stereocenters. The Balaban J connectivity index is 1.57. The number of aromatic nitrogens is 2. The molecule has 41 heavy (non-hydrogen) atoms. The second-order valence-corrected chi connectivity index (χ2v) is 9.76. The second-order valence-electron chi connectivity index (χ2n) is 9.76. The van der Waals surface area contributed by atoms with Gasteiger partial charge in [0.15, 0.2) is 12.1 Å². The highest BCUT2D eigenvalue weighted by atomic mass is 16.5. The first-order valence-corrected chi connectivity index (χ1v) is 13.1. The lowest BCUT2D eigenvalue weighted by Gasteiger charge is -2.19. The Morgan fingerprint density at radius 1 is 1.15 bits per heavy atom. The lowest BCUT2D eigenvalue weighted by molar-refractivity contribution is -0.117. The number of aldehydes is 1. The van der Waals surface area contributed by atoms with E-state index in [0.29, 0.717) is 41.2 Å². The van der Waals surface area contributed by atoms with Crippen molar-refractivity contribution in [3.8, 4) is 16.9 Å². The number of carbonyl (C=O) groups excluding carboxylic acids is 3. The average Bonchev–Trinajstić information content (AvgIpc) is 3.82. The van der Waals surface area contributed by atoms with Crippen LogP contribution in [-0.2, 0) is 4.79 Å². The number of para-hydroxylation sites is 1. The van der Waals surface area contributed by atoms with Gasteiger partial charge in [-0.05, 0) is 43.5 Å². The molecule has 11 nitrogen and oxygen atoms in total. The highest BCUT2D eigenvalue weighted by Gasteiger charge is 2.30. The standard InChI is InChI=1S/C30H33N7O4/c1-18(31)22(15-32-2)16-37(3)30(40)21-12-8-19(9-13-21)23-6-5-7-24(28(23)41-4)33-25-14-27(36-35-26(25)17-38)34-29(39)20-10-11-20/h5-9,12-15,17,20H,10-11,16,31H2,1-4H3,(H2,33,34,36,39)/b22-18+,32-15?. The van der Waals surface area contributed by atoms with Gasteiger partial charge in [-0.25, -0.2) is 0 Å². The number of ether oxygens (including phenoxy) is 1. The molecule has 0 radical (unpaired) electrons. The topological polar surface area (TPSA) is 152 Å². The van der Waals surface area contributed by atoms with Crippen LogP contribution >= 0.6 is 0 Å². The fourth-order valence-corrected chi connectivity index (χ4v) is 4.21. The fraction of sp³-hybridized carbons (Fsp3) is 0.267. The number of nitrogens with zero attached hydrogens (tertiary/aromatic N) is 4. The molecule has 1 aliphatic rings. The van der Waals surface area contributed by atoms with E-state index in [0.717, 1.165) is 29.5 Å². The zero-order valence-corrected chi connectivity index (χ0v) is 23.5. The Morgan fingerprint density at radius 2 is 1.88 bits per heavy atom. The van der Waals surface area contributed by atoms with Crippen molar-refractivity contribution in [2.75, 3.05) is 38.4 Å².